The molecule has 9 heteroatoms. The zero-order valence-electron chi connectivity index (χ0n) is 14.8. The van der Waals surface area contributed by atoms with Gasteiger partial charge in [0.25, 0.3) is 17.4 Å². The number of nitrogens with zero attached hydrogens (tertiary/aromatic N) is 2. The van der Waals surface area contributed by atoms with Gasteiger partial charge >= 0.3 is 0 Å². The number of carbonyl (C=O) groups excluding carboxylic acids is 2. The zero-order valence-corrected chi connectivity index (χ0v) is 15.6. The topological polar surface area (TPSA) is 93.1 Å². The molecule has 0 aliphatic rings. The van der Waals surface area contributed by atoms with Crippen molar-refractivity contribution >= 4 is 34.2 Å². The molecule has 0 unspecified atom stereocenters. The van der Waals surface area contributed by atoms with Crippen LogP contribution in [0.3, 0.4) is 0 Å². The number of carbonyl (C=O) groups is 2. The maximum absolute atomic E-state index is 13.8. The number of rotatable bonds is 4. The lowest BCUT2D eigenvalue weighted by Crippen LogP contribution is -2.43. The van der Waals surface area contributed by atoms with E-state index in [0.717, 1.165) is 6.07 Å². The van der Waals surface area contributed by atoms with Crippen LogP contribution in [0.1, 0.15) is 34.2 Å². The Morgan fingerprint density at radius 3 is 2.46 bits per heavy atom. The number of hydrogen-bond donors (Lipinski definition) is 2. The van der Waals surface area contributed by atoms with E-state index >= 15 is 0 Å². The molecule has 2 amide bonds. The molecule has 0 aliphatic heterocycles. The Kier molecular flexibility index (Phi) is 5.70. The van der Waals surface area contributed by atoms with Gasteiger partial charge < -0.3 is 0 Å². The summed E-state index contributed by atoms with van der Waals surface area (Å²) in [6.45, 7) is 2.22. The first-order valence-electron chi connectivity index (χ1n) is 8.48. The van der Waals surface area contributed by atoms with Gasteiger partial charge in [0, 0.05) is 17.0 Å². The standard InChI is InChI=1S/C19H16ClFN4O3/c1-2-9-25-19(28)13-6-4-3-5-12(13)16(24-25)18(27)23-22-17(26)14-8-7-11(20)10-15(14)21/h3-8,10H,2,9H2,1H3,(H,22,26)(H,23,27). The molecule has 0 saturated heterocycles. The summed E-state index contributed by atoms with van der Waals surface area (Å²) in [7, 11) is 0. The second-order valence-electron chi connectivity index (χ2n) is 5.95. The molecule has 0 saturated carbocycles. The molecular weight excluding hydrogens is 387 g/mol. The van der Waals surface area contributed by atoms with Crippen molar-refractivity contribution in [2.75, 3.05) is 0 Å². The molecule has 0 atom stereocenters. The molecule has 144 valence electrons. The van der Waals surface area contributed by atoms with Crippen molar-refractivity contribution in [3.8, 4) is 0 Å². The predicted molar refractivity (Wildman–Crippen MR) is 103 cm³/mol. The van der Waals surface area contributed by atoms with Crippen molar-refractivity contribution in [1.82, 2.24) is 20.6 Å². The van der Waals surface area contributed by atoms with Gasteiger partial charge in [-0.25, -0.2) is 9.07 Å². The molecule has 7 nitrogen and oxygen atoms in total. The second kappa shape index (κ2) is 8.18. The Morgan fingerprint density at radius 2 is 1.79 bits per heavy atom. The van der Waals surface area contributed by atoms with Crippen LogP contribution in [0, 0.1) is 5.82 Å². The van der Waals surface area contributed by atoms with Crippen LogP contribution in [0.5, 0.6) is 0 Å². The monoisotopic (exact) mass is 402 g/mol. The van der Waals surface area contributed by atoms with Gasteiger partial charge in [-0.3, -0.25) is 25.2 Å². The SMILES string of the molecule is CCCn1nc(C(=O)NNC(=O)c2ccc(Cl)cc2F)c2ccccc2c1=O. The molecule has 2 N–H and O–H groups in total. The highest BCUT2D eigenvalue weighted by molar-refractivity contribution is 6.30. The van der Waals surface area contributed by atoms with E-state index in [9.17, 15) is 18.8 Å². The van der Waals surface area contributed by atoms with E-state index in [1.54, 1.807) is 24.3 Å². The summed E-state index contributed by atoms with van der Waals surface area (Å²) < 4.78 is 15.0. The number of aryl methyl sites for hydroxylation is 1. The minimum atomic E-state index is -0.853. The molecule has 3 aromatic rings. The molecule has 1 heterocycles. The van der Waals surface area contributed by atoms with Gasteiger partial charge in [0.05, 0.1) is 10.9 Å². The van der Waals surface area contributed by atoms with Crippen molar-refractivity contribution in [3.63, 3.8) is 0 Å². The Morgan fingerprint density at radius 1 is 1.11 bits per heavy atom. The fourth-order valence-electron chi connectivity index (χ4n) is 2.68. The highest BCUT2D eigenvalue weighted by Crippen LogP contribution is 2.15. The first kappa shape index (κ1) is 19.5. The number of hydrogen-bond acceptors (Lipinski definition) is 4. The Hall–Kier alpha value is -3.26. The van der Waals surface area contributed by atoms with Crippen LogP contribution < -0.4 is 16.4 Å². The number of hydrazine groups is 1. The maximum atomic E-state index is 13.8. The highest BCUT2D eigenvalue weighted by Gasteiger charge is 2.18. The van der Waals surface area contributed by atoms with Gasteiger partial charge in [0.15, 0.2) is 5.69 Å². The number of nitrogens with one attached hydrogen (secondary N) is 2. The van der Waals surface area contributed by atoms with Gasteiger partial charge in [-0.2, -0.15) is 5.10 Å². The number of halogens is 2. The summed E-state index contributed by atoms with van der Waals surface area (Å²) in [5.74, 6) is -2.41. The van der Waals surface area contributed by atoms with Crippen LogP contribution in [0.25, 0.3) is 10.8 Å². The third kappa shape index (κ3) is 3.86. The van der Waals surface area contributed by atoms with Crippen molar-refractivity contribution in [2.24, 2.45) is 0 Å². The van der Waals surface area contributed by atoms with Crippen molar-refractivity contribution in [3.05, 3.63) is 74.9 Å². The number of fused-ring (bicyclic) bond motifs is 1. The van der Waals surface area contributed by atoms with E-state index in [2.05, 4.69) is 16.0 Å². The van der Waals surface area contributed by atoms with Gasteiger partial charge in [-0.15, -0.1) is 0 Å². The minimum absolute atomic E-state index is 0.0273. The first-order valence-corrected chi connectivity index (χ1v) is 8.85. The largest absolute Gasteiger partial charge is 0.290 e. The molecule has 2 aromatic carbocycles. The lowest BCUT2D eigenvalue weighted by molar-refractivity contribution is 0.0841. The fraction of sp³-hybridized carbons (Fsp3) is 0.158. The highest BCUT2D eigenvalue weighted by atomic mass is 35.5. The lowest BCUT2D eigenvalue weighted by Gasteiger charge is -2.11. The summed E-state index contributed by atoms with van der Waals surface area (Å²) in [4.78, 5) is 37.2. The molecule has 0 bridgehead atoms. The summed E-state index contributed by atoms with van der Waals surface area (Å²) >= 11 is 5.66. The first-order chi connectivity index (χ1) is 13.4. The summed E-state index contributed by atoms with van der Waals surface area (Å²) in [6, 6.07) is 10.1. The molecule has 0 radical (unpaired) electrons. The van der Waals surface area contributed by atoms with Crippen LogP contribution in [-0.4, -0.2) is 21.6 Å². The Balaban J connectivity index is 1.88. The lowest BCUT2D eigenvalue weighted by atomic mass is 10.1. The van der Waals surface area contributed by atoms with E-state index in [4.69, 9.17) is 11.6 Å². The Labute approximate surface area is 164 Å². The summed E-state index contributed by atoms with van der Waals surface area (Å²) in [5, 5.41) is 4.95. The van der Waals surface area contributed by atoms with Gasteiger partial charge in [-0.05, 0) is 30.7 Å². The number of amides is 2. The van der Waals surface area contributed by atoms with Crippen LogP contribution in [-0.2, 0) is 6.54 Å². The third-order valence-corrected chi connectivity index (χ3v) is 4.22. The molecule has 0 fully saturated rings. The van der Waals surface area contributed by atoms with Crippen molar-refractivity contribution in [1.29, 1.82) is 0 Å². The molecule has 28 heavy (non-hydrogen) atoms. The summed E-state index contributed by atoms with van der Waals surface area (Å²) in [5.41, 5.74) is 3.73. The number of benzene rings is 2. The average molecular weight is 403 g/mol. The van der Waals surface area contributed by atoms with E-state index < -0.39 is 17.6 Å². The number of aromatic nitrogens is 2. The molecule has 3 rings (SSSR count). The minimum Gasteiger partial charge on any atom is -0.267 e. The summed E-state index contributed by atoms with van der Waals surface area (Å²) in [6.07, 6.45) is 0.652. The van der Waals surface area contributed by atoms with Gasteiger partial charge in [0.2, 0.25) is 0 Å². The van der Waals surface area contributed by atoms with E-state index in [0.29, 0.717) is 23.7 Å². The molecular formula is C19H16ClFN4O3. The average Bonchev–Trinajstić information content (AvgIpc) is 2.68. The van der Waals surface area contributed by atoms with Crippen LogP contribution in [0.15, 0.2) is 47.3 Å². The second-order valence-corrected chi connectivity index (χ2v) is 6.39. The third-order valence-electron chi connectivity index (χ3n) is 3.98. The van der Waals surface area contributed by atoms with Crippen LogP contribution >= 0.6 is 11.6 Å². The van der Waals surface area contributed by atoms with Crippen LogP contribution in [0.2, 0.25) is 5.02 Å². The molecule has 0 spiro atoms. The predicted octanol–water partition coefficient (Wildman–Crippen LogP) is 2.67. The normalized spacial score (nSPS) is 10.7. The van der Waals surface area contributed by atoms with E-state index in [1.807, 2.05) is 6.92 Å². The smallest absolute Gasteiger partial charge is 0.267 e. The molecule has 0 aliphatic carbocycles. The fourth-order valence-corrected chi connectivity index (χ4v) is 2.84. The van der Waals surface area contributed by atoms with Gasteiger partial charge in [0.1, 0.15) is 5.82 Å². The van der Waals surface area contributed by atoms with Crippen molar-refractivity contribution < 1.29 is 14.0 Å². The van der Waals surface area contributed by atoms with E-state index in [-0.39, 0.29) is 21.8 Å². The maximum Gasteiger partial charge on any atom is 0.290 e. The van der Waals surface area contributed by atoms with E-state index in [1.165, 1.54) is 16.8 Å². The van der Waals surface area contributed by atoms with Crippen molar-refractivity contribution in [2.45, 2.75) is 19.9 Å². The Bertz CT molecular complexity index is 1130. The quantitative estimate of drug-likeness (QED) is 0.656. The molecule has 1 aromatic heterocycles. The zero-order chi connectivity index (χ0) is 20.3. The van der Waals surface area contributed by atoms with Crippen LogP contribution in [0.4, 0.5) is 4.39 Å². The van der Waals surface area contributed by atoms with Gasteiger partial charge in [-0.1, -0.05) is 36.7 Å².